The summed E-state index contributed by atoms with van der Waals surface area (Å²) in [7, 11) is 0. The Morgan fingerprint density at radius 3 is 1.88 bits per heavy atom. The van der Waals surface area contributed by atoms with E-state index in [1.54, 1.807) is 0 Å². The molecule has 16 heavy (non-hydrogen) atoms. The molecule has 1 aliphatic carbocycles. The highest BCUT2D eigenvalue weighted by atomic mass is 16.5. The van der Waals surface area contributed by atoms with Gasteiger partial charge < -0.3 is 9.84 Å². The number of ether oxygens (including phenoxy) is 1. The highest BCUT2D eigenvalue weighted by Crippen LogP contribution is 2.33. The van der Waals surface area contributed by atoms with Gasteiger partial charge in [-0.15, -0.1) is 0 Å². The molecule has 0 bridgehead atoms. The monoisotopic (exact) mass is 228 g/mol. The number of hydrogen-bond acceptors (Lipinski definition) is 2. The largest absolute Gasteiger partial charge is 0.479 e. The van der Waals surface area contributed by atoms with Crippen LogP contribution in [0.4, 0.5) is 0 Å². The van der Waals surface area contributed by atoms with Crippen LogP contribution < -0.4 is 0 Å². The molecule has 1 rings (SSSR count). The van der Waals surface area contributed by atoms with Gasteiger partial charge in [0, 0.05) is 0 Å². The first-order valence-corrected chi connectivity index (χ1v) is 6.29. The lowest BCUT2D eigenvalue weighted by Gasteiger charge is -2.37. The second-order valence-electron chi connectivity index (χ2n) is 5.78. The van der Waals surface area contributed by atoms with Crippen LogP contribution in [-0.2, 0) is 9.53 Å². The fourth-order valence-electron chi connectivity index (χ4n) is 2.42. The maximum absolute atomic E-state index is 11.5. The molecule has 0 radical (unpaired) electrons. The van der Waals surface area contributed by atoms with Crippen LogP contribution in [0.25, 0.3) is 0 Å². The lowest BCUT2D eigenvalue weighted by Crippen LogP contribution is -2.47. The Morgan fingerprint density at radius 1 is 1.06 bits per heavy atom. The predicted molar refractivity (Wildman–Crippen MR) is 63.5 cm³/mol. The second kappa shape index (κ2) is 5.17. The topological polar surface area (TPSA) is 46.5 Å². The number of carbonyl (C=O) groups is 1. The lowest BCUT2D eigenvalue weighted by atomic mass is 9.86. The highest BCUT2D eigenvalue weighted by Gasteiger charge is 2.42. The van der Waals surface area contributed by atoms with Crippen molar-refractivity contribution < 1.29 is 14.6 Å². The third kappa shape index (κ3) is 3.78. The van der Waals surface area contributed by atoms with E-state index in [4.69, 9.17) is 4.74 Å². The van der Waals surface area contributed by atoms with Gasteiger partial charge >= 0.3 is 5.97 Å². The molecule has 0 spiro atoms. The van der Waals surface area contributed by atoms with Crippen LogP contribution in [0.2, 0.25) is 0 Å². The van der Waals surface area contributed by atoms with Gasteiger partial charge in [-0.05, 0) is 46.5 Å². The molecular weight excluding hydrogens is 204 g/mol. The summed E-state index contributed by atoms with van der Waals surface area (Å²) in [4.78, 5) is 11.5. The molecule has 1 fully saturated rings. The smallest absolute Gasteiger partial charge is 0.335 e. The average molecular weight is 228 g/mol. The molecule has 0 unspecified atom stereocenters. The minimum atomic E-state index is -0.946. The van der Waals surface area contributed by atoms with E-state index in [0.29, 0.717) is 12.8 Å². The van der Waals surface area contributed by atoms with Crippen LogP contribution in [0.5, 0.6) is 0 Å². The zero-order valence-corrected chi connectivity index (χ0v) is 10.7. The fraction of sp³-hybridized carbons (Fsp3) is 0.923. The Kier molecular flexibility index (Phi) is 4.36. The van der Waals surface area contributed by atoms with Crippen LogP contribution in [0.15, 0.2) is 0 Å². The van der Waals surface area contributed by atoms with Crippen LogP contribution in [0.1, 0.15) is 65.7 Å². The molecule has 0 saturated heterocycles. The normalized spacial score (nSPS) is 22.2. The summed E-state index contributed by atoms with van der Waals surface area (Å²) in [5.41, 5.74) is -1.34. The van der Waals surface area contributed by atoms with Crippen LogP contribution in [-0.4, -0.2) is 22.3 Å². The van der Waals surface area contributed by atoms with Gasteiger partial charge in [0.1, 0.15) is 0 Å². The molecular formula is C13H24O3. The van der Waals surface area contributed by atoms with Crippen molar-refractivity contribution in [1.82, 2.24) is 0 Å². The average Bonchev–Trinajstić information content (AvgIpc) is 2.07. The Hall–Kier alpha value is -0.570. The SMILES string of the molecule is CC(C)(C)OC1(C(=O)O)CCCCCCC1. The molecule has 0 amide bonds. The Balaban J connectivity index is 2.79. The molecule has 94 valence electrons. The van der Waals surface area contributed by atoms with Crippen molar-refractivity contribution >= 4 is 5.97 Å². The van der Waals surface area contributed by atoms with Gasteiger partial charge in [-0.3, -0.25) is 0 Å². The van der Waals surface area contributed by atoms with Crippen molar-refractivity contribution in [2.75, 3.05) is 0 Å². The molecule has 0 heterocycles. The van der Waals surface area contributed by atoms with Crippen molar-refractivity contribution in [2.45, 2.75) is 76.9 Å². The molecule has 3 nitrogen and oxygen atoms in total. The fourth-order valence-corrected chi connectivity index (χ4v) is 2.42. The summed E-state index contributed by atoms with van der Waals surface area (Å²) >= 11 is 0. The van der Waals surface area contributed by atoms with E-state index in [0.717, 1.165) is 25.7 Å². The molecule has 0 aromatic carbocycles. The number of rotatable bonds is 2. The summed E-state index contributed by atoms with van der Waals surface area (Å²) in [6, 6.07) is 0. The van der Waals surface area contributed by atoms with Gasteiger partial charge in [0.25, 0.3) is 0 Å². The van der Waals surface area contributed by atoms with Crippen molar-refractivity contribution in [3.63, 3.8) is 0 Å². The first-order valence-electron chi connectivity index (χ1n) is 6.29. The summed E-state index contributed by atoms with van der Waals surface area (Å²) in [6.45, 7) is 5.78. The van der Waals surface area contributed by atoms with E-state index < -0.39 is 17.2 Å². The van der Waals surface area contributed by atoms with Crippen molar-refractivity contribution in [1.29, 1.82) is 0 Å². The van der Waals surface area contributed by atoms with E-state index >= 15 is 0 Å². The summed E-state index contributed by atoms with van der Waals surface area (Å²) in [5, 5.41) is 9.44. The van der Waals surface area contributed by atoms with Crippen molar-refractivity contribution in [3.8, 4) is 0 Å². The first-order chi connectivity index (χ1) is 7.36. The van der Waals surface area contributed by atoms with E-state index in [-0.39, 0.29) is 0 Å². The summed E-state index contributed by atoms with van der Waals surface area (Å²) < 4.78 is 5.86. The standard InChI is InChI=1S/C13H24O3/c1-12(2,3)16-13(11(14)15)9-7-5-4-6-8-10-13/h4-10H2,1-3H3,(H,14,15). The zero-order valence-electron chi connectivity index (χ0n) is 10.7. The number of carboxylic acids is 1. The molecule has 0 aliphatic heterocycles. The van der Waals surface area contributed by atoms with Gasteiger partial charge in [0.2, 0.25) is 0 Å². The van der Waals surface area contributed by atoms with E-state index in [1.807, 2.05) is 20.8 Å². The molecule has 1 saturated carbocycles. The lowest BCUT2D eigenvalue weighted by molar-refractivity contribution is -0.189. The van der Waals surface area contributed by atoms with Crippen LogP contribution >= 0.6 is 0 Å². The maximum atomic E-state index is 11.5. The van der Waals surface area contributed by atoms with E-state index in [2.05, 4.69) is 0 Å². The molecule has 0 aromatic heterocycles. The molecule has 0 aromatic rings. The van der Waals surface area contributed by atoms with Gasteiger partial charge in [0.05, 0.1) is 5.60 Å². The van der Waals surface area contributed by atoms with Crippen molar-refractivity contribution in [2.24, 2.45) is 0 Å². The highest BCUT2D eigenvalue weighted by molar-refractivity contribution is 5.77. The van der Waals surface area contributed by atoms with Gasteiger partial charge in [-0.2, -0.15) is 0 Å². The minimum Gasteiger partial charge on any atom is -0.479 e. The minimum absolute atomic E-state index is 0.391. The quantitative estimate of drug-likeness (QED) is 0.788. The molecule has 3 heteroatoms. The van der Waals surface area contributed by atoms with Gasteiger partial charge in [-0.1, -0.05) is 19.3 Å². The zero-order chi connectivity index (χ0) is 12.2. The molecule has 1 aliphatic rings. The number of carboxylic acid groups (broad SMARTS) is 1. The maximum Gasteiger partial charge on any atom is 0.335 e. The second-order valence-corrected chi connectivity index (χ2v) is 5.78. The first kappa shape index (κ1) is 13.5. The number of aliphatic carboxylic acids is 1. The third-order valence-electron chi connectivity index (χ3n) is 3.05. The Labute approximate surface area is 98.2 Å². The number of hydrogen-bond donors (Lipinski definition) is 1. The summed E-state index contributed by atoms with van der Waals surface area (Å²) in [6.07, 6.45) is 6.71. The molecule has 0 atom stereocenters. The Bertz CT molecular complexity index is 232. The Morgan fingerprint density at radius 2 is 1.50 bits per heavy atom. The third-order valence-corrected chi connectivity index (χ3v) is 3.05. The van der Waals surface area contributed by atoms with Crippen LogP contribution in [0.3, 0.4) is 0 Å². The van der Waals surface area contributed by atoms with Crippen LogP contribution in [0, 0.1) is 0 Å². The van der Waals surface area contributed by atoms with E-state index in [9.17, 15) is 9.90 Å². The summed E-state index contributed by atoms with van der Waals surface area (Å²) in [5.74, 6) is -0.788. The molecule has 1 N–H and O–H groups in total. The van der Waals surface area contributed by atoms with Crippen molar-refractivity contribution in [3.05, 3.63) is 0 Å². The van der Waals surface area contributed by atoms with Gasteiger partial charge in [0.15, 0.2) is 5.60 Å². The van der Waals surface area contributed by atoms with Gasteiger partial charge in [-0.25, -0.2) is 4.79 Å². The van der Waals surface area contributed by atoms with E-state index in [1.165, 1.54) is 6.42 Å². The predicted octanol–water partition coefficient (Wildman–Crippen LogP) is 3.37.